The molecule has 76 valence electrons. The Kier molecular flexibility index (Phi) is 4.98. The van der Waals surface area contributed by atoms with Gasteiger partial charge in [0.25, 0.3) is 0 Å². The van der Waals surface area contributed by atoms with Gasteiger partial charge >= 0.3 is 0 Å². The molecular formula is C8H15BrN2O2. The van der Waals surface area contributed by atoms with Gasteiger partial charge in [-0.1, -0.05) is 15.9 Å². The zero-order valence-electron chi connectivity index (χ0n) is 7.89. The topological polar surface area (TPSA) is 72.2 Å². The molecule has 0 bridgehead atoms. The van der Waals surface area contributed by atoms with E-state index in [1.165, 1.54) is 0 Å². The second kappa shape index (κ2) is 5.21. The predicted molar refractivity (Wildman–Crippen MR) is 54.4 cm³/mol. The normalized spacial score (nSPS) is 11.0. The first-order chi connectivity index (χ1) is 5.90. The van der Waals surface area contributed by atoms with Crippen LogP contribution in [0.4, 0.5) is 0 Å². The number of hydrogen-bond acceptors (Lipinski definition) is 2. The van der Waals surface area contributed by atoms with Gasteiger partial charge in [0.1, 0.15) is 0 Å². The minimum absolute atomic E-state index is 0.0776. The van der Waals surface area contributed by atoms with E-state index in [1.54, 1.807) is 13.8 Å². The Balaban J connectivity index is 3.88. The SMILES string of the molecule is CC(C)(CNC(=O)CCBr)C(N)=O. The number of primary amides is 1. The fourth-order valence-electron chi connectivity index (χ4n) is 0.581. The monoisotopic (exact) mass is 250 g/mol. The molecule has 0 aliphatic heterocycles. The Morgan fingerprint density at radius 1 is 1.46 bits per heavy atom. The summed E-state index contributed by atoms with van der Waals surface area (Å²) in [7, 11) is 0. The van der Waals surface area contributed by atoms with E-state index in [0.717, 1.165) is 0 Å². The number of carbonyl (C=O) groups excluding carboxylic acids is 2. The van der Waals surface area contributed by atoms with Crippen LogP contribution < -0.4 is 11.1 Å². The summed E-state index contributed by atoms with van der Waals surface area (Å²) in [6, 6.07) is 0. The van der Waals surface area contributed by atoms with Gasteiger partial charge in [-0.2, -0.15) is 0 Å². The molecule has 0 fully saturated rings. The second-order valence-electron chi connectivity index (χ2n) is 3.46. The summed E-state index contributed by atoms with van der Waals surface area (Å²) in [6.45, 7) is 3.68. The van der Waals surface area contributed by atoms with Gasteiger partial charge in [0.05, 0.1) is 5.41 Å². The zero-order chi connectivity index (χ0) is 10.5. The first kappa shape index (κ1) is 12.4. The van der Waals surface area contributed by atoms with Crippen LogP contribution in [-0.2, 0) is 9.59 Å². The predicted octanol–water partition coefficient (Wildman–Crippen LogP) is 0.399. The van der Waals surface area contributed by atoms with Gasteiger partial charge in [-0.25, -0.2) is 0 Å². The molecule has 2 amide bonds. The van der Waals surface area contributed by atoms with Crippen molar-refractivity contribution in [1.29, 1.82) is 0 Å². The van der Waals surface area contributed by atoms with Gasteiger partial charge in [-0.05, 0) is 13.8 Å². The van der Waals surface area contributed by atoms with E-state index in [9.17, 15) is 9.59 Å². The highest BCUT2D eigenvalue weighted by atomic mass is 79.9. The first-order valence-electron chi connectivity index (χ1n) is 4.02. The first-order valence-corrected chi connectivity index (χ1v) is 5.15. The van der Waals surface area contributed by atoms with Crippen LogP contribution in [0.15, 0.2) is 0 Å². The summed E-state index contributed by atoms with van der Waals surface area (Å²) < 4.78 is 0. The van der Waals surface area contributed by atoms with Crippen molar-refractivity contribution in [2.75, 3.05) is 11.9 Å². The Labute approximate surface area is 86.4 Å². The van der Waals surface area contributed by atoms with Crippen LogP contribution in [0.2, 0.25) is 0 Å². The van der Waals surface area contributed by atoms with E-state index in [0.29, 0.717) is 11.8 Å². The maximum absolute atomic E-state index is 11.0. The van der Waals surface area contributed by atoms with Crippen molar-refractivity contribution in [2.24, 2.45) is 11.1 Å². The van der Waals surface area contributed by atoms with Gasteiger partial charge in [-0.15, -0.1) is 0 Å². The lowest BCUT2D eigenvalue weighted by atomic mass is 9.93. The fourth-order valence-corrected chi connectivity index (χ4v) is 0.941. The highest BCUT2D eigenvalue weighted by Gasteiger charge is 2.25. The van der Waals surface area contributed by atoms with E-state index < -0.39 is 11.3 Å². The molecule has 0 aromatic heterocycles. The number of halogens is 1. The third kappa shape index (κ3) is 4.87. The zero-order valence-corrected chi connectivity index (χ0v) is 9.48. The molecule has 13 heavy (non-hydrogen) atoms. The molecule has 5 heteroatoms. The summed E-state index contributed by atoms with van der Waals surface area (Å²) in [5.74, 6) is -0.488. The van der Waals surface area contributed by atoms with Gasteiger partial charge < -0.3 is 11.1 Å². The summed E-state index contributed by atoms with van der Waals surface area (Å²) in [6.07, 6.45) is 0.412. The minimum atomic E-state index is -0.679. The highest BCUT2D eigenvalue weighted by molar-refractivity contribution is 9.09. The molecule has 0 spiro atoms. The van der Waals surface area contributed by atoms with E-state index in [2.05, 4.69) is 21.2 Å². The highest BCUT2D eigenvalue weighted by Crippen LogP contribution is 2.11. The van der Waals surface area contributed by atoms with Crippen molar-refractivity contribution < 1.29 is 9.59 Å². The summed E-state index contributed by atoms with van der Waals surface area (Å²) >= 11 is 3.15. The summed E-state index contributed by atoms with van der Waals surface area (Å²) in [5, 5.41) is 3.26. The van der Waals surface area contributed by atoms with Crippen LogP contribution in [-0.4, -0.2) is 23.7 Å². The molecule has 3 N–H and O–H groups in total. The van der Waals surface area contributed by atoms with Crippen molar-refractivity contribution in [3.05, 3.63) is 0 Å². The number of hydrogen-bond donors (Lipinski definition) is 2. The quantitative estimate of drug-likeness (QED) is 0.694. The molecule has 0 radical (unpaired) electrons. The number of amides is 2. The largest absolute Gasteiger partial charge is 0.369 e. The van der Waals surface area contributed by atoms with Crippen molar-refractivity contribution in [1.82, 2.24) is 5.32 Å². The van der Waals surface area contributed by atoms with Crippen LogP contribution in [0.1, 0.15) is 20.3 Å². The van der Waals surface area contributed by atoms with Crippen LogP contribution in [0.3, 0.4) is 0 Å². The molecule has 0 aliphatic carbocycles. The van der Waals surface area contributed by atoms with E-state index in [-0.39, 0.29) is 12.5 Å². The van der Waals surface area contributed by atoms with Gasteiger partial charge in [-0.3, -0.25) is 9.59 Å². The molecule has 0 aromatic rings. The third-order valence-corrected chi connectivity index (χ3v) is 2.11. The van der Waals surface area contributed by atoms with Crippen LogP contribution >= 0.6 is 15.9 Å². The lowest BCUT2D eigenvalue weighted by molar-refractivity contribution is -0.126. The molecule has 0 unspecified atom stereocenters. The second-order valence-corrected chi connectivity index (χ2v) is 4.26. The number of nitrogens with two attached hydrogens (primary N) is 1. The molecule has 0 aliphatic rings. The van der Waals surface area contributed by atoms with Crippen molar-refractivity contribution in [3.8, 4) is 0 Å². The van der Waals surface area contributed by atoms with Crippen LogP contribution in [0, 0.1) is 5.41 Å². The third-order valence-electron chi connectivity index (χ3n) is 1.72. The fraction of sp³-hybridized carbons (Fsp3) is 0.750. The van der Waals surface area contributed by atoms with Gasteiger partial charge in [0.15, 0.2) is 0 Å². The minimum Gasteiger partial charge on any atom is -0.369 e. The Morgan fingerprint density at radius 2 is 2.00 bits per heavy atom. The van der Waals surface area contributed by atoms with E-state index in [1.807, 2.05) is 0 Å². The lowest BCUT2D eigenvalue weighted by Crippen LogP contribution is -2.42. The van der Waals surface area contributed by atoms with Crippen molar-refractivity contribution >= 4 is 27.7 Å². The maximum Gasteiger partial charge on any atom is 0.224 e. The molecule has 0 saturated heterocycles. The summed E-state index contributed by atoms with van der Waals surface area (Å²) in [4.78, 5) is 21.9. The average Bonchev–Trinajstić information content (AvgIpc) is 2.01. The lowest BCUT2D eigenvalue weighted by Gasteiger charge is -2.20. The van der Waals surface area contributed by atoms with Crippen molar-refractivity contribution in [2.45, 2.75) is 20.3 Å². The molecular weight excluding hydrogens is 236 g/mol. The average molecular weight is 251 g/mol. The van der Waals surface area contributed by atoms with E-state index in [4.69, 9.17) is 5.73 Å². The maximum atomic E-state index is 11.0. The summed E-state index contributed by atoms with van der Waals surface area (Å²) in [5.41, 5.74) is 4.45. The molecule has 4 nitrogen and oxygen atoms in total. The molecule has 0 aromatic carbocycles. The molecule has 0 heterocycles. The van der Waals surface area contributed by atoms with Gasteiger partial charge in [0.2, 0.25) is 11.8 Å². The number of nitrogens with one attached hydrogen (secondary N) is 1. The number of alkyl halides is 1. The number of rotatable bonds is 5. The Bertz CT molecular complexity index is 204. The van der Waals surface area contributed by atoms with E-state index >= 15 is 0 Å². The van der Waals surface area contributed by atoms with Crippen LogP contribution in [0.5, 0.6) is 0 Å². The van der Waals surface area contributed by atoms with Crippen LogP contribution in [0.25, 0.3) is 0 Å². The smallest absolute Gasteiger partial charge is 0.224 e. The van der Waals surface area contributed by atoms with Crippen molar-refractivity contribution in [3.63, 3.8) is 0 Å². The Morgan fingerprint density at radius 3 is 2.38 bits per heavy atom. The standard InChI is InChI=1S/C8H15BrN2O2/c1-8(2,7(10)13)5-11-6(12)3-4-9/h3-5H2,1-2H3,(H2,10,13)(H,11,12). The van der Waals surface area contributed by atoms with Gasteiger partial charge in [0, 0.05) is 18.3 Å². The Hall–Kier alpha value is -0.580. The molecule has 0 atom stereocenters. The number of carbonyl (C=O) groups is 2. The molecule has 0 saturated carbocycles. The molecule has 0 rings (SSSR count).